The van der Waals surface area contributed by atoms with Crippen LogP contribution < -0.4 is 14.8 Å². The third-order valence-electron chi connectivity index (χ3n) is 6.47. The number of hydrogen-bond acceptors (Lipinski definition) is 6. The van der Waals surface area contributed by atoms with Crippen LogP contribution in [0.3, 0.4) is 0 Å². The van der Waals surface area contributed by atoms with Crippen molar-refractivity contribution < 1.29 is 23.8 Å². The largest absolute Gasteiger partial charge is 0.493 e. The second-order valence-corrected chi connectivity index (χ2v) is 8.88. The molecule has 6 nitrogen and oxygen atoms in total. The van der Waals surface area contributed by atoms with Crippen molar-refractivity contribution >= 4 is 23.4 Å². The number of halogens is 1. The molecule has 34 heavy (non-hydrogen) atoms. The van der Waals surface area contributed by atoms with Crippen molar-refractivity contribution in [1.82, 2.24) is 5.32 Å². The first kappa shape index (κ1) is 23.9. The number of rotatable bonds is 6. The third kappa shape index (κ3) is 4.42. The molecule has 1 aliphatic carbocycles. The van der Waals surface area contributed by atoms with Gasteiger partial charge in [0.2, 0.25) is 0 Å². The number of carbonyl (C=O) groups is 2. The summed E-state index contributed by atoms with van der Waals surface area (Å²) < 4.78 is 16.2. The number of hydrogen-bond donors (Lipinski definition) is 1. The molecule has 0 fully saturated rings. The number of nitrogens with one attached hydrogen (secondary N) is 1. The quantitative estimate of drug-likeness (QED) is 0.576. The second-order valence-electron chi connectivity index (χ2n) is 8.45. The van der Waals surface area contributed by atoms with E-state index in [2.05, 4.69) is 11.9 Å². The summed E-state index contributed by atoms with van der Waals surface area (Å²) in [6.07, 6.45) is 0.914. The van der Waals surface area contributed by atoms with Gasteiger partial charge in [-0.25, -0.2) is 0 Å². The first-order chi connectivity index (χ1) is 16.4. The molecular formula is C27H28ClNO5. The van der Waals surface area contributed by atoms with Gasteiger partial charge in [-0.05, 0) is 54.7 Å². The number of ketones is 1. The topological polar surface area (TPSA) is 73.9 Å². The standard InChI is InChI=1S/C27H28ClNO5/c1-5-34-27(31)24-15(2)29-20-12-18(16-9-10-22(32-3)23(14-16)33-4)13-21(30)26(20)25(24)17-7-6-8-19(28)11-17/h6-11,14,18,24-25,29H,2,5,12-13H2,1,3-4H3. The molecular weight excluding hydrogens is 454 g/mol. The minimum Gasteiger partial charge on any atom is -0.493 e. The average molecular weight is 482 g/mol. The molecule has 178 valence electrons. The summed E-state index contributed by atoms with van der Waals surface area (Å²) >= 11 is 6.28. The van der Waals surface area contributed by atoms with Crippen LogP contribution in [-0.4, -0.2) is 32.6 Å². The zero-order chi connectivity index (χ0) is 24.4. The van der Waals surface area contributed by atoms with Gasteiger partial charge in [0.1, 0.15) is 5.92 Å². The van der Waals surface area contributed by atoms with E-state index in [4.69, 9.17) is 25.8 Å². The Kier molecular flexibility index (Phi) is 6.98. The third-order valence-corrected chi connectivity index (χ3v) is 6.70. The van der Waals surface area contributed by atoms with E-state index in [1.54, 1.807) is 33.3 Å². The summed E-state index contributed by atoms with van der Waals surface area (Å²) in [5, 5.41) is 3.82. The minimum atomic E-state index is -0.723. The minimum absolute atomic E-state index is 0.0136. The molecule has 2 aromatic rings. The van der Waals surface area contributed by atoms with Gasteiger partial charge < -0.3 is 19.5 Å². The zero-order valence-electron chi connectivity index (χ0n) is 19.5. The van der Waals surface area contributed by atoms with Crippen LogP contribution in [0.2, 0.25) is 5.02 Å². The van der Waals surface area contributed by atoms with Crippen LogP contribution >= 0.6 is 11.6 Å². The van der Waals surface area contributed by atoms with Crippen LogP contribution in [0.1, 0.15) is 42.7 Å². The molecule has 0 bridgehead atoms. The predicted octanol–water partition coefficient (Wildman–Crippen LogP) is 5.14. The van der Waals surface area contributed by atoms with E-state index in [-0.39, 0.29) is 18.3 Å². The molecule has 0 radical (unpaired) electrons. The first-order valence-electron chi connectivity index (χ1n) is 11.2. The van der Waals surface area contributed by atoms with Gasteiger partial charge in [-0.1, -0.05) is 36.4 Å². The van der Waals surface area contributed by atoms with E-state index >= 15 is 0 Å². The molecule has 3 atom stereocenters. The highest BCUT2D eigenvalue weighted by atomic mass is 35.5. The fourth-order valence-electron chi connectivity index (χ4n) is 4.96. The fraction of sp³-hybridized carbons (Fsp3) is 0.333. The van der Waals surface area contributed by atoms with E-state index in [0.717, 1.165) is 16.8 Å². The lowest BCUT2D eigenvalue weighted by atomic mass is 9.69. The highest BCUT2D eigenvalue weighted by molar-refractivity contribution is 6.30. The molecule has 2 aromatic carbocycles. The van der Waals surface area contributed by atoms with Crippen LogP contribution in [0, 0.1) is 5.92 Å². The summed E-state index contributed by atoms with van der Waals surface area (Å²) in [4.78, 5) is 26.6. The predicted molar refractivity (Wildman–Crippen MR) is 130 cm³/mol. The van der Waals surface area contributed by atoms with E-state index in [1.807, 2.05) is 30.3 Å². The molecule has 1 aliphatic heterocycles. The van der Waals surface area contributed by atoms with Gasteiger partial charge in [0.15, 0.2) is 17.3 Å². The van der Waals surface area contributed by atoms with E-state index in [1.165, 1.54) is 0 Å². The van der Waals surface area contributed by atoms with Crippen molar-refractivity contribution in [2.75, 3.05) is 20.8 Å². The molecule has 7 heteroatoms. The lowest BCUT2D eigenvalue weighted by Crippen LogP contribution is -2.42. The number of benzene rings is 2. The molecule has 1 heterocycles. The summed E-state index contributed by atoms with van der Waals surface area (Å²) in [6.45, 7) is 6.14. The van der Waals surface area contributed by atoms with E-state index in [0.29, 0.717) is 40.6 Å². The van der Waals surface area contributed by atoms with Gasteiger partial charge in [-0.2, -0.15) is 0 Å². The molecule has 1 N–H and O–H groups in total. The lowest BCUT2D eigenvalue weighted by Gasteiger charge is -2.40. The number of methoxy groups -OCH3 is 2. The monoisotopic (exact) mass is 481 g/mol. The molecule has 0 aromatic heterocycles. The first-order valence-corrected chi connectivity index (χ1v) is 11.6. The maximum atomic E-state index is 13.6. The molecule has 2 aliphatic rings. The number of esters is 1. The Balaban J connectivity index is 1.77. The summed E-state index contributed by atoms with van der Waals surface area (Å²) in [6, 6.07) is 13.0. The van der Waals surface area contributed by atoms with Gasteiger partial charge in [0.25, 0.3) is 0 Å². The average Bonchev–Trinajstić information content (AvgIpc) is 2.82. The number of ether oxygens (including phenoxy) is 3. The molecule has 3 unspecified atom stereocenters. The highest BCUT2D eigenvalue weighted by Gasteiger charge is 2.45. The van der Waals surface area contributed by atoms with Crippen molar-refractivity contribution in [3.63, 3.8) is 0 Å². The number of carbonyl (C=O) groups excluding carboxylic acids is 2. The Bertz CT molecular complexity index is 1170. The van der Waals surface area contributed by atoms with Crippen LogP contribution in [-0.2, 0) is 14.3 Å². The van der Waals surface area contributed by atoms with Crippen LogP contribution in [0.5, 0.6) is 11.5 Å². The summed E-state index contributed by atoms with van der Waals surface area (Å²) in [7, 11) is 3.18. The number of Topliss-reactive ketones (excluding diaryl/α,β-unsaturated/α-hetero) is 1. The Labute approximate surface area is 204 Å². The van der Waals surface area contributed by atoms with Crippen LogP contribution in [0.15, 0.2) is 66.0 Å². The Morgan fingerprint density at radius 1 is 1.09 bits per heavy atom. The Hall–Kier alpha value is -3.25. The summed E-state index contributed by atoms with van der Waals surface area (Å²) in [5.74, 6) is -0.459. The van der Waals surface area contributed by atoms with E-state index in [9.17, 15) is 9.59 Å². The molecule has 0 saturated heterocycles. The van der Waals surface area contributed by atoms with Crippen molar-refractivity contribution in [3.8, 4) is 11.5 Å². The molecule has 0 amide bonds. The van der Waals surface area contributed by atoms with Gasteiger partial charge in [0.05, 0.1) is 20.8 Å². The fourth-order valence-corrected chi connectivity index (χ4v) is 5.16. The smallest absolute Gasteiger partial charge is 0.315 e. The highest BCUT2D eigenvalue weighted by Crippen LogP contribution is 2.48. The van der Waals surface area contributed by atoms with Crippen molar-refractivity contribution in [1.29, 1.82) is 0 Å². The van der Waals surface area contributed by atoms with Crippen molar-refractivity contribution in [3.05, 3.63) is 82.2 Å². The van der Waals surface area contributed by atoms with E-state index < -0.39 is 17.8 Å². The van der Waals surface area contributed by atoms with Gasteiger partial charge in [0, 0.05) is 34.3 Å². The van der Waals surface area contributed by atoms with Crippen molar-refractivity contribution in [2.45, 2.75) is 31.6 Å². The van der Waals surface area contributed by atoms with Crippen molar-refractivity contribution in [2.24, 2.45) is 5.92 Å². The maximum Gasteiger partial charge on any atom is 0.315 e. The van der Waals surface area contributed by atoms with Crippen LogP contribution in [0.4, 0.5) is 0 Å². The SMILES string of the molecule is C=C1NC2=C(C(=O)CC(c3ccc(OC)c(OC)c3)C2)C(c2cccc(Cl)c2)C1C(=O)OCC. The Morgan fingerprint density at radius 2 is 1.85 bits per heavy atom. The lowest BCUT2D eigenvalue weighted by molar-refractivity contribution is -0.147. The van der Waals surface area contributed by atoms with Gasteiger partial charge >= 0.3 is 5.97 Å². The second kappa shape index (κ2) is 9.94. The normalized spacial score (nSPS) is 22.1. The zero-order valence-corrected chi connectivity index (χ0v) is 20.3. The van der Waals surface area contributed by atoms with Gasteiger partial charge in [-0.3, -0.25) is 9.59 Å². The molecule has 4 rings (SSSR count). The Morgan fingerprint density at radius 3 is 2.53 bits per heavy atom. The molecule has 0 spiro atoms. The molecule has 0 saturated carbocycles. The summed E-state index contributed by atoms with van der Waals surface area (Å²) in [5.41, 5.74) is 3.68. The van der Waals surface area contributed by atoms with Gasteiger partial charge in [-0.15, -0.1) is 0 Å². The van der Waals surface area contributed by atoms with Crippen LogP contribution in [0.25, 0.3) is 0 Å². The maximum absolute atomic E-state index is 13.6. The number of allylic oxidation sites excluding steroid dienone is 2.